The molecule has 2 aliphatic rings. The van der Waals surface area contributed by atoms with Gasteiger partial charge in [-0.25, -0.2) is 0 Å². The molecule has 0 saturated carbocycles. The molecule has 2 heterocycles. The second-order valence-corrected chi connectivity index (χ2v) is 4.83. The van der Waals surface area contributed by atoms with Crippen molar-refractivity contribution in [2.75, 3.05) is 11.9 Å². The van der Waals surface area contributed by atoms with Crippen molar-refractivity contribution in [2.24, 2.45) is 0 Å². The summed E-state index contributed by atoms with van der Waals surface area (Å²) in [7, 11) is 0. The minimum Gasteiger partial charge on any atom is -0.487 e. The molecule has 0 saturated heterocycles. The summed E-state index contributed by atoms with van der Waals surface area (Å²) in [6.07, 6.45) is 2.16. The quantitative estimate of drug-likeness (QED) is 0.676. The van der Waals surface area contributed by atoms with Gasteiger partial charge in [-0.15, -0.1) is 0 Å². The smallest absolute Gasteiger partial charge is 0.123 e. The third-order valence-electron chi connectivity index (χ3n) is 3.00. The second-order valence-electron chi connectivity index (χ2n) is 4.83. The highest BCUT2D eigenvalue weighted by Crippen LogP contribution is 2.39. The Morgan fingerprint density at radius 3 is 3.00 bits per heavy atom. The predicted molar refractivity (Wildman–Crippen MR) is 57.0 cm³/mol. The standard InChI is InChI=1S/C12H15NO/c1-12(2)7-9-5-10-8(3-4-13-10)6-11(9)14-12/h5-6,13H,3-4,7H2,1-2H3. The van der Waals surface area contributed by atoms with Crippen LogP contribution in [-0.4, -0.2) is 12.1 Å². The van der Waals surface area contributed by atoms with Crippen LogP contribution in [0.3, 0.4) is 0 Å². The number of anilines is 1. The number of rotatable bonds is 0. The molecule has 0 radical (unpaired) electrons. The molecule has 0 unspecified atom stereocenters. The summed E-state index contributed by atoms with van der Waals surface area (Å²) in [4.78, 5) is 0. The van der Waals surface area contributed by atoms with Crippen molar-refractivity contribution in [3.05, 3.63) is 23.3 Å². The molecule has 2 heteroatoms. The van der Waals surface area contributed by atoms with E-state index in [2.05, 4.69) is 31.3 Å². The van der Waals surface area contributed by atoms with Gasteiger partial charge in [-0.2, -0.15) is 0 Å². The topological polar surface area (TPSA) is 21.3 Å². The largest absolute Gasteiger partial charge is 0.487 e. The highest BCUT2D eigenvalue weighted by molar-refractivity contribution is 5.62. The number of hydrogen-bond acceptors (Lipinski definition) is 2. The van der Waals surface area contributed by atoms with Crippen LogP contribution in [0.4, 0.5) is 5.69 Å². The van der Waals surface area contributed by atoms with E-state index in [1.807, 2.05) is 0 Å². The third-order valence-corrected chi connectivity index (χ3v) is 3.00. The summed E-state index contributed by atoms with van der Waals surface area (Å²) in [6.45, 7) is 5.36. The van der Waals surface area contributed by atoms with Crippen molar-refractivity contribution in [2.45, 2.75) is 32.3 Å². The maximum atomic E-state index is 5.89. The number of fused-ring (bicyclic) bond motifs is 2. The minimum absolute atomic E-state index is 0.0164. The molecule has 2 aliphatic heterocycles. The second kappa shape index (κ2) is 2.44. The van der Waals surface area contributed by atoms with E-state index in [4.69, 9.17) is 4.74 Å². The van der Waals surface area contributed by atoms with E-state index in [0.29, 0.717) is 0 Å². The molecule has 1 aromatic carbocycles. The van der Waals surface area contributed by atoms with Crippen LogP contribution in [0.5, 0.6) is 5.75 Å². The highest BCUT2D eigenvalue weighted by Gasteiger charge is 2.31. The summed E-state index contributed by atoms with van der Waals surface area (Å²) >= 11 is 0. The van der Waals surface area contributed by atoms with Gasteiger partial charge in [0.2, 0.25) is 0 Å². The number of benzene rings is 1. The van der Waals surface area contributed by atoms with Gasteiger partial charge in [0, 0.05) is 24.2 Å². The van der Waals surface area contributed by atoms with Crippen molar-refractivity contribution in [3.63, 3.8) is 0 Å². The lowest BCUT2D eigenvalue weighted by atomic mass is 10.00. The Kier molecular flexibility index (Phi) is 1.42. The zero-order valence-electron chi connectivity index (χ0n) is 8.68. The number of nitrogens with one attached hydrogen (secondary N) is 1. The Bertz CT molecular complexity index is 361. The first-order valence-corrected chi connectivity index (χ1v) is 5.23. The molecule has 74 valence electrons. The van der Waals surface area contributed by atoms with E-state index < -0.39 is 0 Å². The van der Waals surface area contributed by atoms with E-state index in [1.165, 1.54) is 16.8 Å². The van der Waals surface area contributed by atoms with Gasteiger partial charge < -0.3 is 10.1 Å². The van der Waals surface area contributed by atoms with E-state index in [0.717, 1.165) is 25.1 Å². The fourth-order valence-corrected chi connectivity index (χ4v) is 2.40. The van der Waals surface area contributed by atoms with Crippen LogP contribution in [0.15, 0.2) is 12.1 Å². The van der Waals surface area contributed by atoms with E-state index >= 15 is 0 Å². The SMILES string of the molecule is CC1(C)Cc2cc3c(cc2O1)CCN3. The van der Waals surface area contributed by atoms with Gasteiger partial charge in [-0.05, 0) is 38.0 Å². The molecule has 14 heavy (non-hydrogen) atoms. The Hall–Kier alpha value is -1.18. The molecule has 0 atom stereocenters. The van der Waals surface area contributed by atoms with Crippen LogP contribution in [0.25, 0.3) is 0 Å². The van der Waals surface area contributed by atoms with Gasteiger partial charge in [-0.1, -0.05) is 0 Å². The van der Waals surface area contributed by atoms with Crippen molar-refractivity contribution in [1.82, 2.24) is 0 Å². The fourth-order valence-electron chi connectivity index (χ4n) is 2.40. The van der Waals surface area contributed by atoms with Crippen LogP contribution in [0, 0.1) is 0 Å². The van der Waals surface area contributed by atoms with Crippen molar-refractivity contribution >= 4 is 5.69 Å². The summed E-state index contributed by atoms with van der Waals surface area (Å²) in [5.74, 6) is 1.09. The lowest BCUT2D eigenvalue weighted by Crippen LogP contribution is -2.24. The molecular formula is C12H15NO. The van der Waals surface area contributed by atoms with Crippen LogP contribution in [-0.2, 0) is 12.8 Å². The molecular weight excluding hydrogens is 174 g/mol. The molecule has 3 rings (SSSR count). The summed E-state index contributed by atoms with van der Waals surface area (Å²) < 4.78 is 5.89. The minimum atomic E-state index is -0.0164. The van der Waals surface area contributed by atoms with Crippen molar-refractivity contribution in [3.8, 4) is 5.75 Å². The highest BCUT2D eigenvalue weighted by atomic mass is 16.5. The molecule has 0 spiro atoms. The van der Waals surface area contributed by atoms with Gasteiger partial charge in [-0.3, -0.25) is 0 Å². The Morgan fingerprint density at radius 2 is 2.14 bits per heavy atom. The lowest BCUT2D eigenvalue weighted by molar-refractivity contribution is 0.138. The van der Waals surface area contributed by atoms with E-state index in [1.54, 1.807) is 0 Å². The summed E-state index contributed by atoms with van der Waals surface area (Å²) in [6, 6.07) is 4.46. The zero-order valence-corrected chi connectivity index (χ0v) is 8.68. The summed E-state index contributed by atoms with van der Waals surface area (Å²) in [5, 5.41) is 3.40. The zero-order chi connectivity index (χ0) is 9.76. The van der Waals surface area contributed by atoms with Gasteiger partial charge in [0.25, 0.3) is 0 Å². The van der Waals surface area contributed by atoms with Crippen LogP contribution in [0.1, 0.15) is 25.0 Å². The molecule has 0 aliphatic carbocycles. The van der Waals surface area contributed by atoms with Crippen molar-refractivity contribution in [1.29, 1.82) is 0 Å². The normalized spacial score (nSPS) is 21.0. The Balaban J connectivity index is 2.08. The fraction of sp³-hybridized carbons (Fsp3) is 0.500. The first-order chi connectivity index (χ1) is 6.64. The average molecular weight is 189 g/mol. The first-order valence-electron chi connectivity index (χ1n) is 5.23. The van der Waals surface area contributed by atoms with Crippen LogP contribution in [0.2, 0.25) is 0 Å². The average Bonchev–Trinajstić information content (AvgIpc) is 2.59. The Morgan fingerprint density at radius 1 is 1.29 bits per heavy atom. The Labute approximate surface area is 84.3 Å². The van der Waals surface area contributed by atoms with Gasteiger partial charge in [0.1, 0.15) is 11.4 Å². The van der Waals surface area contributed by atoms with Gasteiger partial charge >= 0.3 is 0 Å². The molecule has 1 N–H and O–H groups in total. The molecule has 0 amide bonds. The summed E-state index contributed by atoms with van der Waals surface area (Å²) in [5.41, 5.74) is 4.05. The number of hydrogen-bond donors (Lipinski definition) is 1. The maximum Gasteiger partial charge on any atom is 0.123 e. The van der Waals surface area contributed by atoms with E-state index in [-0.39, 0.29) is 5.60 Å². The maximum absolute atomic E-state index is 5.89. The van der Waals surface area contributed by atoms with Crippen LogP contribution < -0.4 is 10.1 Å². The molecule has 1 aromatic rings. The molecule has 0 fully saturated rings. The van der Waals surface area contributed by atoms with Gasteiger partial charge in [0.15, 0.2) is 0 Å². The van der Waals surface area contributed by atoms with E-state index in [9.17, 15) is 0 Å². The third kappa shape index (κ3) is 1.10. The van der Waals surface area contributed by atoms with Crippen LogP contribution >= 0.6 is 0 Å². The number of ether oxygens (including phenoxy) is 1. The van der Waals surface area contributed by atoms with Crippen molar-refractivity contribution < 1.29 is 4.74 Å². The van der Waals surface area contributed by atoms with Gasteiger partial charge in [0.05, 0.1) is 0 Å². The molecule has 0 bridgehead atoms. The first kappa shape index (κ1) is 8.16. The lowest BCUT2D eigenvalue weighted by Gasteiger charge is -2.16. The monoisotopic (exact) mass is 189 g/mol. The molecule has 0 aromatic heterocycles. The molecule has 2 nitrogen and oxygen atoms in total. The predicted octanol–water partition coefficient (Wildman–Crippen LogP) is 2.37.